The number of carbonyl (C=O) groups is 1. The first-order chi connectivity index (χ1) is 7.77. The molecule has 1 unspecified atom stereocenters. The third-order valence-corrected chi connectivity index (χ3v) is 2.59. The molecule has 94 valence electrons. The maximum absolute atomic E-state index is 12.4. The first-order valence-corrected chi connectivity index (χ1v) is 5.10. The summed E-state index contributed by atoms with van der Waals surface area (Å²) in [6, 6.07) is 0.734. The number of aliphatic carboxylic acids is 1. The molecule has 1 heterocycles. The molecule has 0 aromatic carbocycles. The van der Waals surface area contributed by atoms with E-state index >= 15 is 0 Å². The first-order valence-electron chi connectivity index (χ1n) is 4.72. The van der Waals surface area contributed by atoms with Crippen LogP contribution in [0.5, 0.6) is 0 Å². The van der Waals surface area contributed by atoms with Crippen molar-refractivity contribution in [2.75, 3.05) is 0 Å². The van der Waals surface area contributed by atoms with E-state index in [1.54, 1.807) is 6.92 Å². The molecule has 1 rings (SSSR count). The Balaban J connectivity index is 3.28. The molecular weight excluding hydrogens is 259 g/mol. The Bertz CT molecular complexity index is 434. The molecule has 1 aromatic rings. The maximum Gasteiger partial charge on any atom is 0.417 e. The number of aromatic nitrogens is 1. The van der Waals surface area contributed by atoms with Crippen molar-refractivity contribution in [1.29, 1.82) is 0 Å². The minimum absolute atomic E-state index is 0.114. The van der Waals surface area contributed by atoms with Crippen LogP contribution in [-0.2, 0) is 11.0 Å². The highest BCUT2D eigenvalue weighted by Gasteiger charge is 2.33. The lowest BCUT2D eigenvalue weighted by atomic mass is 9.97. The summed E-state index contributed by atoms with van der Waals surface area (Å²) in [5.74, 6) is -2.31. The quantitative estimate of drug-likeness (QED) is 0.855. The zero-order valence-corrected chi connectivity index (χ0v) is 9.51. The van der Waals surface area contributed by atoms with Crippen LogP contribution in [0.4, 0.5) is 13.2 Å². The number of hydrogen-bond acceptors (Lipinski definition) is 2. The molecule has 0 saturated carbocycles. The molecular formula is C10H9ClF3NO2. The summed E-state index contributed by atoms with van der Waals surface area (Å²) in [7, 11) is 0. The summed E-state index contributed by atoms with van der Waals surface area (Å²) in [5, 5.41) is 8.66. The lowest BCUT2D eigenvalue weighted by Gasteiger charge is -2.14. The third kappa shape index (κ3) is 3.09. The van der Waals surface area contributed by atoms with E-state index in [0.717, 1.165) is 6.07 Å². The summed E-state index contributed by atoms with van der Waals surface area (Å²) >= 11 is 5.62. The van der Waals surface area contributed by atoms with Gasteiger partial charge >= 0.3 is 12.1 Å². The predicted molar refractivity (Wildman–Crippen MR) is 54.9 cm³/mol. The average molecular weight is 268 g/mol. The Labute approximate surface area is 100 Å². The van der Waals surface area contributed by atoms with Crippen molar-refractivity contribution >= 4 is 17.6 Å². The van der Waals surface area contributed by atoms with E-state index in [1.807, 2.05) is 0 Å². The summed E-state index contributed by atoms with van der Waals surface area (Å²) in [6.45, 7) is 1.55. The highest BCUT2D eigenvalue weighted by Crippen LogP contribution is 2.33. The van der Waals surface area contributed by atoms with Crippen LogP contribution in [0.25, 0.3) is 0 Å². The molecule has 0 fully saturated rings. The first kappa shape index (κ1) is 13.8. The van der Waals surface area contributed by atoms with E-state index in [1.165, 1.54) is 0 Å². The molecule has 1 atom stereocenters. The van der Waals surface area contributed by atoms with E-state index in [4.69, 9.17) is 16.7 Å². The zero-order valence-electron chi connectivity index (χ0n) is 8.75. The summed E-state index contributed by atoms with van der Waals surface area (Å²) in [5.41, 5.74) is -1.12. The second-order valence-corrected chi connectivity index (χ2v) is 3.76. The fraction of sp³-hybridized carbons (Fsp3) is 0.400. The van der Waals surface area contributed by atoms with Crippen molar-refractivity contribution in [3.8, 4) is 0 Å². The Kier molecular flexibility index (Phi) is 3.98. The van der Waals surface area contributed by atoms with Gasteiger partial charge in [-0.15, -0.1) is 0 Å². The molecule has 1 aromatic heterocycles. The number of alkyl halides is 3. The molecule has 0 radical (unpaired) electrons. The molecule has 0 aliphatic carbocycles. The van der Waals surface area contributed by atoms with Gasteiger partial charge in [0.05, 0.1) is 11.5 Å². The fourth-order valence-corrected chi connectivity index (χ4v) is 1.63. The molecule has 0 aliphatic rings. The molecule has 0 amide bonds. The Morgan fingerprint density at radius 1 is 1.59 bits per heavy atom. The number of halogens is 4. The Hall–Kier alpha value is -1.30. The molecule has 0 spiro atoms. The zero-order chi connectivity index (χ0) is 13.2. The van der Waals surface area contributed by atoms with Crippen molar-refractivity contribution < 1.29 is 23.1 Å². The van der Waals surface area contributed by atoms with Gasteiger partial charge < -0.3 is 5.11 Å². The van der Waals surface area contributed by atoms with E-state index in [9.17, 15) is 18.0 Å². The summed E-state index contributed by atoms with van der Waals surface area (Å²) in [4.78, 5) is 14.3. The minimum atomic E-state index is -4.57. The van der Waals surface area contributed by atoms with Crippen molar-refractivity contribution in [3.05, 3.63) is 28.5 Å². The van der Waals surface area contributed by atoms with Crippen molar-refractivity contribution in [1.82, 2.24) is 4.98 Å². The van der Waals surface area contributed by atoms with E-state index in [2.05, 4.69) is 4.98 Å². The lowest BCUT2D eigenvalue weighted by Crippen LogP contribution is -2.14. The van der Waals surface area contributed by atoms with Gasteiger partial charge in [-0.05, 0) is 12.5 Å². The van der Waals surface area contributed by atoms with Crippen LogP contribution in [-0.4, -0.2) is 16.1 Å². The summed E-state index contributed by atoms with van der Waals surface area (Å²) < 4.78 is 37.3. The van der Waals surface area contributed by atoms with Gasteiger partial charge in [0.15, 0.2) is 0 Å². The van der Waals surface area contributed by atoms with Gasteiger partial charge in [-0.2, -0.15) is 13.2 Å². The molecule has 0 aliphatic heterocycles. The van der Waals surface area contributed by atoms with Gasteiger partial charge in [0.2, 0.25) is 0 Å². The van der Waals surface area contributed by atoms with Crippen LogP contribution in [0.2, 0.25) is 5.15 Å². The fourth-order valence-electron chi connectivity index (χ4n) is 1.39. The van der Waals surface area contributed by atoms with Crippen molar-refractivity contribution in [2.45, 2.75) is 25.4 Å². The normalized spacial score (nSPS) is 13.5. The second kappa shape index (κ2) is 4.91. The number of rotatable bonds is 3. The smallest absolute Gasteiger partial charge is 0.417 e. The molecule has 17 heavy (non-hydrogen) atoms. The van der Waals surface area contributed by atoms with Gasteiger partial charge in [-0.25, -0.2) is 4.98 Å². The van der Waals surface area contributed by atoms with Gasteiger partial charge in [-0.3, -0.25) is 4.79 Å². The topological polar surface area (TPSA) is 50.2 Å². The van der Waals surface area contributed by atoms with Crippen LogP contribution in [0.3, 0.4) is 0 Å². The van der Waals surface area contributed by atoms with Gasteiger partial charge in [0.1, 0.15) is 5.15 Å². The third-order valence-electron chi connectivity index (χ3n) is 2.28. The molecule has 0 bridgehead atoms. The monoisotopic (exact) mass is 267 g/mol. The van der Waals surface area contributed by atoms with Crippen LogP contribution < -0.4 is 0 Å². The maximum atomic E-state index is 12.4. The SMILES string of the molecule is CCC(C(=O)O)c1cc(C(F)(F)F)cnc1Cl. The highest BCUT2D eigenvalue weighted by atomic mass is 35.5. The Morgan fingerprint density at radius 2 is 2.18 bits per heavy atom. The predicted octanol–water partition coefficient (Wildman–Crippen LogP) is 3.33. The molecule has 1 N–H and O–H groups in total. The number of pyridine rings is 1. The lowest BCUT2D eigenvalue weighted by molar-refractivity contribution is -0.140. The number of carboxylic acids is 1. The number of hydrogen-bond donors (Lipinski definition) is 1. The van der Waals surface area contributed by atoms with Gasteiger partial charge in [0.25, 0.3) is 0 Å². The van der Waals surface area contributed by atoms with Crippen LogP contribution in [0, 0.1) is 0 Å². The largest absolute Gasteiger partial charge is 0.481 e. The van der Waals surface area contributed by atoms with Crippen LogP contribution in [0.1, 0.15) is 30.4 Å². The van der Waals surface area contributed by atoms with Gasteiger partial charge in [0, 0.05) is 11.8 Å². The Morgan fingerprint density at radius 3 is 2.59 bits per heavy atom. The highest BCUT2D eigenvalue weighted by molar-refractivity contribution is 6.30. The van der Waals surface area contributed by atoms with E-state index in [-0.39, 0.29) is 17.1 Å². The second-order valence-electron chi connectivity index (χ2n) is 3.40. The van der Waals surface area contributed by atoms with E-state index in [0.29, 0.717) is 6.20 Å². The standard InChI is InChI=1S/C10H9ClF3NO2/c1-2-6(9(16)17)7-3-5(10(12,13)14)4-15-8(7)11/h3-4,6H,2H2,1H3,(H,16,17). The molecule has 0 saturated heterocycles. The summed E-state index contributed by atoms with van der Waals surface area (Å²) in [6.07, 6.45) is -3.85. The minimum Gasteiger partial charge on any atom is -0.481 e. The number of nitrogens with zero attached hydrogens (tertiary/aromatic N) is 1. The average Bonchev–Trinajstić information content (AvgIpc) is 2.19. The van der Waals surface area contributed by atoms with Crippen molar-refractivity contribution in [2.24, 2.45) is 0 Å². The van der Waals surface area contributed by atoms with Crippen LogP contribution in [0.15, 0.2) is 12.3 Å². The molecule has 7 heteroatoms. The van der Waals surface area contributed by atoms with E-state index < -0.39 is 23.6 Å². The van der Waals surface area contributed by atoms with Crippen LogP contribution >= 0.6 is 11.6 Å². The molecule has 3 nitrogen and oxygen atoms in total. The number of carboxylic acid groups (broad SMARTS) is 1. The van der Waals surface area contributed by atoms with Gasteiger partial charge in [-0.1, -0.05) is 18.5 Å². The van der Waals surface area contributed by atoms with Crippen molar-refractivity contribution in [3.63, 3.8) is 0 Å².